The van der Waals surface area contributed by atoms with Crippen molar-refractivity contribution >= 4 is 17.4 Å². The van der Waals surface area contributed by atoms with E-state index >= 15 is 0 Å². The number of amides is 2. The van der Waals surface area contributed by atoms with Gasteiger partial charge in [-0.05, 0) is 30.2 Å². The summed E-state index contributed by atoms with van der Waals surface area (Å²) in [5.41, 5.74) is 8.28. The molecule has 0 spiro atoms. The summed E-state index contributed by atoms with van der Waals surface area (Å²) in [6.45, 7) is 1.94. The van der Waals surface area contributed by atoms with Gasteiger partial charge in [-0.3, -0.25) is 4.90 Å². The number of hydrogen-bond donors (Lipinski definition) is 2. The Morgan fingerprint density at radius 1 is 1.10 bits per heavy atom. The summed E-state index contributed by atoms with van der Waals surface area (Å²) in [4.78, 5) is 13.4. The predicted molar refractivity (Wildman–Crippen MR) is 78.1 cm³/mol. The molecule has 0 saturated heterocycles. The first-order chi connectivity index (χ1) is 9.59. The number of benzene rings is 2. The van der Waals surface area contributed by atoms with Crippen molar-refractivity contribution < 1.29 is 9.90 Å². The summed E-state index contributed by atoms with van der Waals surface area (Å²) < 4.78 is 0. The minimum Gasteiger partial charge on any atom is -0.395 e. The number of primary amides is 1. The SMILES string of the molecule is CC1(CO)c2ccccc2N(C(N)=O)c2ccccc21. The number of nitrogens with two attached hydrogens (primary N) is 1. The fourth-order valence-corrected chi connectivity index (χ4v) is 2.95. The van der Waals surface area contributed by atoms with Gasteiger partial charge in [0.15, 0.2) is 0 Å². The van der Waals surface area contributed by atoms with Crippen LogP contribution in [0.2, 0.25) is 0 Å². The highest BCUT2D eigenvalue weighted by atomic mass is 16.3. The lowest BCUT2D eigenvalue weighted by Crippen LogP contribution is -2.41. The molecule has 0 fully saturated rings. The van der Waals surface area contributed by atoms with Crippen molar-refractivity contribution in [3.63, 3.8) is 0 Å². The van der Waals surface area contributed by atoms with Crippen molar-refractivity contribution in [2.24, 2.45) is 5.73 Å². The lowest BCUT2D eigenvalue weighted by atomic mass is 9.73. The lowest BCUT2D eigenvalue weighted by Gasteiger charge is -2.41. The smallest absolute Gasteiger partial charge is 0.323 e. The van der Waals surface area contributed by atoms with Crippen LogP contribution in [0.4, 0.5) is 16.2 Å². The number of nitrogens with zero attached hydrogens (tertiary/aromatic N) is 1. The van der Waals surface area contributed by atoms with Crippen LogP contribution >= 0.6 is 0 Å². The van der Waals surface area contributed by atoms with E-state index in [0.717, 1.165) is 22.5 Å². The molecule has 0 bridgehead atoms. The molecular weight excluding hydrogens is 252 g/mol. The van der Waals surface area contributed by atoms with Crippen molar-refractivity contribution in [2.75, 3.05) is 11.5 Å². The van der Waals surface area contributed by atoms with Crippen LogP contribution < -0.4 is 10.6 Å². The molecule has 20 heavy (non-hydrogen) atoms. The van der Waals surface area contributed by atoms with E-state index in [0.29, 0.717) is 0 Å². The zero-order valence-electron chi connectivity index (χ0n) is 11.2. The van der Waals surface area contributed by atoms with Gasteiger partial charge < -0.3 is 10.8 Å². The average Bonchev–Trinajstić information content (AvgIpc) is 2.47. The zero-order valence-corrected chi connectivity index (χ0v) is 11.2. The maximum Gasteiger partial charge on any atom is 0.323 e. The second-order valence-corrected chi connectivity index (χ2v) is 5.20. The molecule has 2 amide bonds. The molecule has 0 aliphatic carbocycles. The minimum absolute atomic E-state index is 0.0341. The van der Waals surface area contributed by atoms with Gasteiger partial charge >= 0.3 is 6.03 Å². The summed E-state index contributed by atoms with van der Waals surface area (Å²) in [6.07, 6.45) is 0. The Morgan fingerprint density at radius 2 is 1.55 bits per heavy atom. The molecule has 0 atom stereocenters. The molecule has 0 radical (unpaired) electrons. The number of urea groups is 1. The first kappa shape index (κ1) is 12.7. The third-order valence-corrected chi connectivity index (χ3v) is 4.02. The van der Waals surface area contributed by atoms with E-state index in [-0.39, 0.29) is 6.61 Å². The Balaban J connectivity index is 2.37. The van der Waals surface area contributed by atoms with Gasteiger partial charge in [0.2, 0.25) is 0 Å². The number of carbonyl (C=O) groups excluding carboxylic acids is 1. The molecule has 4 nitrogen and oxygen atoms in total. The van der Waals surface area contributed by atoms with Gasteiger partial charge in [0.05, 0.1) is 18.0 Å². The Kier molecular flexibility index (Phi) is 2.76. The second-order valence-electron chi connectivity index (χ2n) is 5.20. The molecule has 102 valence electrons. The van der Waals surface area contributed by atoms with Crippen LogP contribution in [0, 0.1) is 0 Å². The molecule has 1 aliphatic heterocycles. The second kappa shape index (κ2) is 4.35. The average molecular weight is 268 g/mol. The minimum atomic E-state index is -0.543. The molecule has 0 saturated carbocycles. The van der Waals surface area contributed by atoms with Crippen LogP contribution in [-0.2, 0) is 5.41 Å². The van der Waals surface area contributed by atoms with Gasteiger partial charge in [-0.15, -0.1) is 0 Å². The van der Waals surface area contributed by atoms with Crippen LogP contribution in [0.15, 0.2) is 48.5 Å². The van der Waals surface area contributed by atoms with E-state index in [1.54, 1.807) is 0 Å². The molecule has 1 heterocycles. The molecule has 2 aromatic rings. The van der Waals surface area contributed by atoms with Gasteiger partial charge in [-0.2, -0.15) is 0 Å². The van der Waals surface area contributed by atoms with Gasteiger partial charge in [0, 0.05) is 5.41 Å². The zero-order chi connectivity index (χ0) is 14.3. The first-order valence-corrected chi connectivity index (χ1v) is 6.49. The van der Waals surface area contributed by atoms with E-state index in [9.17, 15) is 9.90 Å². The van der Waals surface area contributed by atoms with Crippen molar-refractivity contribution in [3.8, 4) is 0 Å². The highest BCUT2D eigenvalue weighted by Gasteiger charge is 2.40. The lowest BCUT2D eigenvalue weighted by molar-refractivity contribution is 0.229. The maximum atomic E-state index is 11.9. The number of aliphatic hydroxyl groups excluding tert-OH is 1. The molecular formula is C16H16N2O2. The van der Waals surface area contributed by atoms with Crippen molar-refractivity contribution in [3.05, 3.63) is 59.7 Å². The standard InChI is InChI=1S/C16H16N2O2/c1-16(10-19)11-6-2-4-8-13(11)18(15(17)20)14-9-5-3-7-12(14)16/h2-9,19H,10H2,1H3,(H2,17,20). The fraction of sp³-hybridized carbons (Fsp3) is 0.188. The molecule has 1 aliphatic rings. The predicted octanol–water partition coefficient (Wildman–Crippen LogP) is 2.52. The topological polar surface area (TPSA) is 66.6 Å². The van der Waals surface area contributed by atoms with E-state index in [2.05, 4.69) is 0 Å². The van der Waals surface area contributed by atoms with Crippen LogP contribution in [0.5, 0.6) is 0 Å². The quantitative estimate of drug-likeness (QED) is 0.834. The molecule has 3 N–H and O–H groups in total. The summed E-state index contributed by atoms with van der Waals surface area (Å²) in [6, 6.07) is 14.6. The number of rotatable bonds is 1. The monoisotopic (exact) mass is 268 g/mol. The van der Waals surface area contributed by atoms with Crippen LogP contribution in [-0.4, -0.2) is 17.7 Å². The Morgan fingerprint density at radius 3 is 1.95 bits per heavy atom. The molecule has 3 rings (SSSR count). The van der Waals surface area contributed by atoms with Crippen LogP contribution in [0.3, 0.4) is 0 Å². The summed E-state index contributed by atoms with van der Waals surface area (Å²) in [5.74, 6) is 0. The number of carbonyl (C=O) groups is 1. The number of hydrogen-bond acceptors (Lipinski definition) is 2. The van der Waals surface area contributed by atoms with Crippen LogP contribution in [0.25, 0.3) is 0 Å². The van der Waals surface area contributed by atoms with E-state index < -0.39 is 11.4 Å². The molecule has 2 aromatic carbocycles. The number of aliphatic hydroxyl groups is 1. The molecule has 0 aromatic heterocycles. The summed E-state index contributed by atoms with van der Waals surface area (Å²) in [5, 5.41) is 9.93. The molecule has 0 unspecified atom stereocenters. The Hall–Kier alpha value is -2.33. The normalized spacial score (nSPS) is 15.4. The first-order valence-electron chi connectivity index (χ1n) is 6.49. The number of fused-ring (bicyclic) bond motifs is 2. The summed E-state index contributed by atoms with van der Waals surface area (Å²) >= 11 is 0. The third-order valence-electron chi connectivity index (χ3n) is 4.02. The van der Waals surface area contributed by atoms with E-state index in [4.69, 9.17) is 5.73 Å². The fourth-order valence-electron chi connectivity index (χ4n) is 2.95. The van der Waals surface area contributed by atoms with Crippen molar-refractivity contribution in [2.45, 2.75) is 12.3 Å². The highest BCUT2D eigenvalue weighted by Crippen LogP contribution is 2.48. The Bertz CT molecular complexity index is 634. The maximum absolute atomic E-state index is 11.9. The molecule has 4 heteroatoms. The van der Waals surface area contributed by atoms with Gasteiger partial charge in [-0.25, -0.2) is 4.79 Å². The van der Waals surface area contributed by atoms with Crippen LogP contribution in [0.1, 0.15) is 18.1 Å². The third kappa shape index (κ3) is 1.55. The van der Waals surface area contributed by atoms with Gasteiger partial charge in [0.1, 0.15) is 0 Å². The van der Waals surface area contributed by atoms with E-state index in [1.807, 2.05) is 55.5 Å². The number of para-hydroxylation sites is 2. The van der Waals surface area contributed by atoms with E-state index in [1.165, 1.54) is 4.90 Å². The van der Waals surface area contributed by atoms with Crippen molar-refractivity contribution in [1.29, 1.82) is 0 Å². The largest absolute Gasteiger partial charge is 0.395 e. The van der Waals surface area contributed by atoms with Gasteiger partial charge in [-0.1, -0.05) is 36.4 Å². The Labute approximate surface area is 117 Å². The van der Waals surface area contributed by atoms with Crippen molar-refractivity contribution in [1.82, 2.24) is 0 Å². The highest BCUT2D eigenvalue weighted by molar-refractivity contribution is 6.02. The van der Waals surface area contributed by atoms with Gasteiger partial charge in [0.25, 0.3) is 0 Å². The number of anilines is 2. The summed E-state index contributed by atoms with van der Waals surface area (Å²) in [7, 11) is 0.